The van der Waals surface area contributed by atoms with Crippen molar-refractivity contribution in [2.24, 2.45) is 5.14 Å². The lowest BCUT2D eigenvalue weighted by molar-refractivity contribution is -0.192. The van der Waals surface area contributed by atoms with Crippen LogP contribution in [0, 0.1) is 0 Å². The number of para-hydroxylation sites is 2. The summed E-state index contributed by atoms with van der Waals surface area (Å²) in [5.41, 5.74) is 1.53. The standard InChI is InChI=1S/C20H17N3O5S.C2HF3O2/c21-29(25,26)15-5-3-4-13(10-15)16-11-14(8-9-22-16)23-20(24)19-12-27-17-6-1-2-7-18(17)28-19;3-2(4,5)1(6)7/h1-11,19H,12H2,(H2,21,25,26)(H,22,23,24);(H,6,7). The molecule has 14 heteroatoms. The number of hydrogen-bond donors (Lipinski definition) is 3. The third-order valence-electron chi connectivity index (χ3n) is 4.53. The van der Waals surface area contributed by atoms with E-state index in [-0.39, 0.29) is 17.4 Å². The fourth-order valence-electron chi connectivity index (χ4n) is 2.87. The third kappa shape index (κ3) is 6.93. The number of nitrogens with two attached hydrogens (primary N) is 1. The van der Waals surface area contributed by atoms with Crippen LogP contribution in [-0.2, 0) is 19.6 Å². The number of aromatic nitrogens is 1. The lowest BCUT2D eigenvalue weighted by Crippen LogP contribution is -2.40. The molecule has 1 amide bonds. The van der Waals surface area contributed by atoms with Gasteiger partial charge in [-0.1, -0.05) is 24.3 Å². The summed E-state index contributed by atoms with van der Waals surface area (Å²) in [6.45, 7) is 0.0944. The fraction of sp³-hybridized carbons (Fsp3) is 0.136. The minimum Gasteiger partial charge on any atom is -0.485 e. The van der Waals surface area contributed by atoms with Gasteiger partial charge in [0.15, 0.2) is 11.5 Å². The van der Waals surface area contributed by atoms with E-state index in [2.05, 4.69) is 10.3 Å². The maximum absolute atomic E-state index is 12.6. The SMILES string of the molecule is NS(=O)(=O)c1cccc(-c2cc(NC(=O)C3COc4ccccc4O3)ccn2)c1.O=C(O)C(F)(F)F. The highest BCUT2D eigenvalue weighted by Gasteiger charge is 2.38. The third-order valence-corrected chi connectivity index (χ3v) is 5.44. The average molecular weight is 525 g/mol. The van der Waals surface area contributed by atoms with Crippen LogP contribution >= 0.6 is 0 Å². The van der Waals surface area contributed by atoms with Crippen molar-refractivity contribution in [3.05, 3.63) is 66.9 Å². The number of ether oxygens (including phenoxy) is 2. The van der Waals surface area contributed by atoms with Crippen molar-refractivity contribution in [1.29, 1.82) is 0 Å². The molecule has 36 heavy (non-hydrogen) atoms. The van der Waals surface area contributed by atoms with Gasteiger partial charge in [-0.25, -0.2) is 18.4 Å². The number of carbonyl (C=O) groups is 2. The monoisotopic (exact) mass is 525 g/mol. The molecule has 0 aliphatic carbocycles. The molecule has 1 aliphatic rings. The van der Waals surface area contributed by atoms with Crippen molar-refractivity contribution in [2.75, 3.05) is 11.9 Å². The molecule has 10 nitrogen and oxygen atoms in total. The number of alkyl halides is 3. The number of carboxylic acids is 1. The minimum atomic E-state index is -5.08. The largest absolute Gasteiger partial charge is 0.490 e. The first-order valence-corrected chi connectivity index (χ1v) is 11.5. The number of carboxylic acid groups (broad SMARTS) is 1. The Morgan fingerprint density at radius 3 is 2.36 bits per heavy atom. The quantitative estimate of drug-likeness (QED) is 0.469. The number of sulfonamides is 1. The molecular weight excluding hydrogens is 507 g/mol. The van der Waals surface area contributed by atoms with Gasteiger partial charge in [-0.05, 0) is 36.4 Å². The maximum Gasteiger partial charge on any atom is 0.490 e. The van der Waals surface area contributed by atoms with Crippen molar-refractivity contribution in [3.63, 3.8) is 0 Å². The van der Waals surface area contributed by atoms with E-state index in [1.807, 2.05) is 6.07 Å². The number of amides is 1. The maximum atomic E-state index is 12.6. The topological polar surface area (TPSA) is 158 Å². The lowest BCUT2D eigenvalue weighted by atomic mass is 10.1. The molecule has 0 radical (unpaired) electrons. The Labute approximate surface area is 202 Å². The van der Waals surface area contributed by atoms with Crippen molar-refractivity contribution in [3.8, 4) is 22.8 Å². The van der Waals surface area contributed by atoms with Crippen molar-refractivity contribution in [2.45, 2.75) is 17.2 Å². The number of hydrogen-bond acceptors (Lipinski definition) is 7. The number of nitrogens with zero attached hydrogens (tertiary/aromatic N) is 1. The molecule has 1 aromatic heterocycles. The zero-order valence-electron chi connectivity index (χ0n) is 18.1. The van der Waals surface area contributed by atoms with Crippen LogP contribution in [0.3, 0.4) is 0 Å². The van der Waals surface area contributed by atoms with Crippen molar-refractivity contribution < 1.29 is 45.8 Å². The van der Waals surface area contributed by atoms with E-state index in [0.717, 1.165) is 0 Å². The number of halogens is 3. The van der Waals surface area contributed by atoms with E-state index in [1.165, 1.54) is 18.3 Å². The Hall–Kier alpha value is -4.17. The van der Waals surface area contributed by atoms with Gasteiger partial charge in [-0.3, -0.25) is 9.78 Å². The number of aliphatic carboxylic acids is 1. The molecule has 4 N–H and O–H groups in total. The first kappa shape index (κ1) is 26.4. The molecule has 0 saturated carbocycles. The second kappa shape index (κ2) is 10.6. The van der Waals surface area contributed by atoms with E-state index < -0.39 is 28.3 Å². The van der Waals surface area contributed by atoms with Crippen LogP contribution in [0.25, 0.3) is 11.3 Å². The number of rotatable bonds is 4. The van der Waals surface area contributed by atoms with Crippen LogP contribution < -0.4 is 19.9 Å². The van der Waals surface area contributed by atoms with Gasteiger partial charge in [-0.2, -0.15) is 13.2 Å². The number of fused-ring (bicyclic) bond motifs is 1. The van der Waals surface area contributed by atoms with Gasteiger partial charge >= 0.3 is 12.1 Å². The number of nitrogens with one attached hydrogen (secondary N) is 1. The second-order valence-corrected chi connectivity index (χ2v) is 8.72. The summed E-state index contributed by atoms with van der Waals surface area (Å²) in [5.74, 6) is -2.02. The first-order valence-electron chi connectivity index (χ1n) is 9.93. The van der Waals surface area contributed by atoms with E-state index in [9.17, 15) is 26.4 Å². The summed E-state index contributed by atoms with van der Waals surface area (Å²) in [6, 6.07) is 16.5. The van der Waals surface area contributed by atoms with Crippen LogP contribution in [0.5, 0.6) is 11.5 Å². The molecule has 1 unspecified atom stereocenters. The normalized spacial score (nSPS) is 14.7. The Morgan fingerprint density at radius 2 is 1.72 bits per heavy atom. The zero-order valence-corrected chi connectivity index (χ0v) is 18.9. The predicted octanol–water partition coefficient (Wildman–Crippen LogP) is 2.81. The van der Waals surface area contributed by atoms with Crippen LogP contribution in [0.2, 0.25) is 0 Å². The highest BCUT2D eigenvalue weighted by molar-refractivity contribution is 7.89. The summed E-state index contributed by atoms with van der Waals surface area (Å²) < 4.78 is 66.1. The summed E-state index contributed by atoms with van der Waals surface area (Å²) in [6.07, 6.45) is -4.37. The molecule has 4 rings (SSSR count). The number of anilines is 1. The number of benzene rings is 2. The molecule has 190 valence electrons. The van der Waals surface area contributed by atoms with Crippen LogP contribution in [0.4, 0.5) is 18.9 Å². The Bertz CT molecular complexity index is 1380. The van der Waals surface area contributed by atoms with Gasteiger partial charge in [0.05, 0.1) is 10.6 Å². The van der Waals surface area contributed by atoms with E-state index in [0.29, 0.717) is 28.4 Å². The Balaban J connectivity index is 0.000000454. The molecular formula is C22H18F3N3O7S. The second-order valence-electron chi connectivity index (χ2n) is 7.16. The summed E-state index contributed by atoms with van der Waals surface area (Å²) in [7, 11) is -3.83. The van der Waals surface area contributed by atoms with Crippen LogP contribution in [0.1, 0.15) is 0 Å². The lowest BCUT2D eigenvalue weighted by Gasteiger charge is -2.25. The van der Waals surface area contributed by atoms with Gasteiger partial charge in [-0.15, -0.1) is 0 Å². The molecule has 3 aromatic rings. The zero-order chi connectivity index (χ0) is 26.5. The van der Waals surface area contributed by atoms with Gasteiger partial charge < -0.3 is 19.9 Å². The van der Waals surface area contributed by atoms with Crippen LogP contribution in [-0.4, -0.2) is 49.3 Å². The van der Waals surface area contributed by atoms with Crippen molar-refractivity contribution in [1.82, 2.24) is 4.98 Å². The molecule has 0 saturated heterocycles. The van der Waals surface area contributed by atoms with E-state index >= 15 is 0 Å². The van der Waals surface area contributed by atoms with Gasteiger partial charge in [0.2, 0.25) is 16.1 Å². The van der Waals surface area contributed by atoms with Crippen LogP contribution in [0.15, 0.2) is 71.8 Å². The van der Waals surface area contributed by atoms with Gasteiger partial charge in [0.1, 0.15) is 6.61 Å². The molecule has 1 aliphatic heterocycles. The summed E-state index contributed by atoms with van der Waals surface area (Å²) >= 11 is 0. The molecule has 2 heterocycles. The smallest absolute Gasteiger partial charge is 0.485 e. The average Bonchev–Trinajstić information content (AvgIpc) is 2.83. The summed E-state index contributed by atoms with van der Waals surface area (Å²) in [4.78, 5) is 25.7. The number of primary sulfonamides is 1. The molecule has 2 aromatic carbocycles. The molecule has 0 fully saturated rings. The Kier molecular flexibility index (Phi) is 7.80. The first-order chi connectivity index (χ1) is 16.8. The molecule has 0 bridgehead atoms. The number of pyridine rings is 1. The van der Waals surface area contributed by atoms with E-state index in [4.69, 9.17) is 24.5 Å². The highest BCUT2D eigenvalue weighted by Crippen LogP contribution is 2.31. The molecule has 0 spiro atoms. The van der Waals surface area contributed by atoms with Crippen molar-refractivity contribution >= 4 is 27.6 Å². The van der Waals surface area contributed by atoms with Gasteiger partial charge in [0, 0.05) is 17.4 Å². The summed E-state index contributed by atoms with van der Waals surface area (Å²) in [5, 5.41) is 15.1. The fourth-order valence-corrected chi connectivity index (χ4v) is 3.43. The number of carbonyl (C=O) groups excluding carboxylic acids is 1. The minimum absolute atomic E-state index is 0.0161. The Morgan fingerprint density at radius 1 is 1.06 bits per heavy atom. The molecule has 1 atom stereocenters. The predicted molar refractivity (Wildman–Crippen MR) is 120 cm³/mol. The highest BCUT2D eigenvalue weighted by atomic mass is 32.2. The van der Waals surface area contributed by atoms with E-state index in [1.54, 1.807) is 42.5 Å². The van der Waals surface area contributed by atoms with Gasteiger partial charge in [0.25, 0.3) is 5.91 Å².